The van der Waals surface area contributed by atoms with Gasteiger partial charge < -0.3 is 10.6 Å². The van der Waals surface area contributed by atoms with Crippen molar-refractivity contribution in [3.05, 3.63) is 53.9 Å². The molecule has 2 aromatic rings. The second-order valence-corrected chi connectivity index (χ2v) is 7.81. The molecule has 25 heavy (non-hydrogen) atoms. The van der Waals surface area contributed by atoms with E-state index < -0.39 is 0 Å². The summed E-state index contributed by atoms with van der Waals surface area (Å²) in [5, 5.41) is 6.50. The molecule has 132 valence electrons. The third kappa shape index (κ3) is 4.38. The van der Waals surface area contributed by atoms with Crippen molar-refractivity contribution in [1.29, 1.82) is 0 Å². The van der Waals surface area contributed by atoms with E-state index in [9.17, 15) is 4.79 Å². The highest BCUT2D eigenvalue weighted by Crippen LogP contribution is 2.31. The van der Waals surface area contributed by atoms with E-state index in [-0.39, 0.29) is 11.3 Å². The molecule has 1 aromatic heterocycles. The maximum Gasteiger partial charge on any atom is 0.270 e. The Balaban J connectivity index is 1.70. The Bertz CT molecular complexity index is 726. The van der Waals surface area contributed by atoms with Gasteiger partial charge in [-0.3, -0.25) is 4.79 Å². The fraction of sp³-hybridized carbons (Fsp3) is 0.429. The minimum atomic E-state index is -0.0754. The van der Waals surface area contributed by atoms with Crippen LogP contribution in [0.5, 0.6) is 0 Å². The fourth-order valence-corrected chi connectivity index (χ4v) is 3.33. The zero-order valence-corrected chi connectivity index (χ0v) is 15.3. The molecule has 3 rings (SSSR count). The van der Waals surface area contributed by atoms with E-state index in [1.807, 2.05) is 12.1 Å². The van der Waals surface area contributed by atoms with Crippen molar-refractivity contribution in [2.75, 3.05) is 5.32 Å². The molecular weight excluding hydrogens is 310 g/mol. The van der Waals surface area contributed by atoms with Crippen LogP contribution in [-0.2, 0) is 5.41 Å². The molecule has 1 amide bonds. The number of hydrogen-bond donors (Lipinski definition) is 2. The summed E-state index contributed by atoms with van der Waals surface area (Å²) in [6.45, 7) is 6.59. The van der Waals surface area contributed by atoms with Crippen LogP contribution in [0.1, 0.15) is 62.5 Å². The number of benzene rings is 1. The Morgan fingerprint density at radius 2 is 1.80 bits per heavy atom. The third-order valence-electron chi connectivity index (χ3n) is 4.70. The molecule has 0 aliphatic heterocycles. The number of carbonyl (C=O) groups excluding carboxylic acids is 1. The van der Waals surface area contributed by atoms with E-state index in [2.05, 4.69) is 54.6 Å². The lowest BCUT2D eigenvalue weighted by Crippen LogP contribution is -2.33. The molecule has 1 heterocycles. The van der Waals surface area contributed by atoms with Crippen molar-refractivity contribution >= 4 is 17.3 Å². The van der Waals surface area contributed by atoms with Crippen molar-refractivity contribution in [3.63, 3.8) is 0 Å². The monoisotopic (exact) mass is 337 g/mol. The zero-order chi connectivity index (χ0) is 17.9. The number of rotatable bonds is 4. The number of carbonyl (C=O) groups is 1. The molecule has 1 aromatic carbocycles. The van der Waals surface area contributed by atoms with Gasteiger partial charge in [-0.2, -0.15) is 0 Å². The average Bonchev–Trinajstić information content (AvgIpc) is 3.08. The van der Waals surface area contributed by atoms with Crippen LogP contribution < -0.4 is 10.6 Å². The molecular formula is C21H27N3O. The van der Waals surface area contributed by atoms with Crippen LogP contribution in [0.3, 0.4) is 0 Å². The van der Waals surface area contributed by atoms with Crippen LogP contribution >= 0.6 is 0 Å². The molecule has 4 nitrogen and oxygen atoms in total. The molecule has 0 saturated heterocycles. The van der Waals surface area contributed by atoms with Crippen LogP contribution in [-0.4, -0.2) is 16.9 Å². The first-order valence-electron chi connectivity index (χ1n) is 9.07. The number of nitrogens with one attached hydrogen (secondary N) is 2. The number of amides is 1. The highest BCUT2D eigenvalue weighted by atomic mass is 16.1. The van der Waals surface area contributed by atoms with E-state index in [4.69, 9.17) is 0 Å². The number of para-hydroxylation sites is 1. The maximum absolute atomic E-state index is 12.3. The van der Waals surface area contributed by atoms with Gasteiger partial charge in [0.1, 0.15) is 5.69 Å². The molecule has 0 unspecified atom stereocenters. The lowest BCUT2D eigenvalue weighted by molar-refractivity contribution is 0.0933. The van der Waals surface area contributed by atoms with Gasteiger partial charge in [0.05, 0.1) is 11.9 Å². The summed E-state index contributed by atoms with van der Waals surface area (Å²) >= 11 is 0. The van der Waals surface area contributed by atoms with Gasteiger partial charge in [0, 0.05) is 11.7 Å². The first kappa shape index (κ1) is 17.5. The summed E-state index contributed by atoms with van der Waals surface area (Å²) in [5.41, 5.74) is 3.73. The topological polar surface area (TPSA) is 54.0 Å². The van der Waals surface area contributed by atoms with Crippen molar-refractivity contribution in [2.45, 2.75) is 57.9 Å². The summed E-state index contributed by atoms with van der Waals surface area (Å²) in [6.07, 6.45) is 6.29. The smallest absolute Gasteiger partial charge is 0.270 e. The fourth-order valence-electron chi connectivity index (χ4n) is 3.33. The Kier molecular flexibility index (Phi) is 5.07. The van der Waals surface area contributed by atoms with Gasteiger partial charge in [0.2, 0.25) is 0 Å². The van der Waals surface area contributed by atoms with Crippen LogP contribution in [0.15, 0.2) is 42.6 Å². The molecule has 0 radical (unpaired) electrons. The molecule has 1 saturated carbocycles. The molecule has 1 aliphatic carbocycles. The molecule has 2 N–H and O–H groups in total. The Labute approximate surface area is 150 Å². The van der Waals surface area contributed by atoms with Gasteiger partial charge in [-0.25, -0.2) is 4.98 Å². The van der Waals surface area contributed by atoms with Gasteiger partial charge in [0.25, 0.3) is 5.91 Å². The predicted molar refractivity (Wildman–Crippen MR) is 102 cm³/mol. The zero-order valence-electron chi connectivity index (χ0n) is 15.3. The standard InChI is InChI=1S/C21H27N3O/c1-21(2,3)17-10-6-7-11-18(17)23-16-12-13-19(22-14-16)20(25)24-15-8-4-5-9-15/h6-7,10-15,23H,4-5,8-9H2,1-3H3,(H,24,25). The van der Waals surface area contributed by atoms with Crippen molar-refractivity contribution in [3.8, 4) is 0 Å². The highest BCUT2D eigenvalue weighted by molar-refractivity contribution is 5.92. The Hall–Kier alpha value is -2.36. The third-order valence-corrected chi connectivity index (χ3v) is 4.70. The quantitative estimate of drug-likeness (QED) is 0.843. The second kappa shape index (κ2) is 7.26. The summed E-state index contributed by atoms with van der Waals surface area (Å²) in [4.78, 5) is 16.6. The first-order chi connectivity index (χ1) is 11.9. The van der Waals surface area contributed by atoms with Gasteiger partial charge in [-0.1, -0.05) is 51.8 Å². The predicted octanol–water partition coefficient (Wildman–Crippen LogP) is 4.80. The van der Waals surface area contributed by atoms with Crippen LogP contribution in [0.2, 0.25) is 0 Å². The minimum absolute atomic E-state index is 0.0537. The normalized spacial score (nSPS) is 15.2. The summed E-state index contributed by atoms with van der Waals surface area (Å²) in [6, 6.07) is 12.3. The van der Waals surface area contributed by atoms with Crippen molar-refractivity contribution in [1.82, 2.24) is 10.3 Å². The number of hydrogen-bond acceptors (Lipinski definition) is 3. The molecule has 0 bridgehead atoms. The number of aromatic nitrogens is 1. The van der Waals surface area contributed by atoms with Gasteiger partial charge in [-0.05, 0) is 42.0 Å². The molecule has 0 spiro atoms. The number of pyridine rings is 1. The lowest BCUT2D eigenvalue weighted by Gasteiger charge is -2.23. The summed E-state index contributed by atoms with van der Waals surface area (Å²) in [7, 11) is 0. The summed E-state index contributed by atoms with van der Waals surface area (Å²) in [5.74, 6) is -0.0754. The van der Waals surface area contributed by atoms with Crippen LogP contribution in [0, 0.1) is 0 Å². The van der Waals surface area contributed by atoms with Crippen LogP contribution in [0.4, 0.5) is 11.4 Å². The summed E-state index contributed by atoms with van der Waals surface area (Å²) < 4.78 is 0. The van der Waals surface area contributed by atoms with Crippen LogP contribution in [0.25, 0.3) is 0 Å². The second-order valence-electron chi connectivity index (χ2n) is 7.81. The van der Waals surface area contributed by atoms with E-state index in [1.165, 1.54) is 18.4 Å². The maximum atomic E-state index is 12.3. The highest BCUT2D eigenvalue weighted by Gasteiger charge is 2.19. The van der Waals surface area contributed by atoms with E-state index in [1.54, 1.807) is 12.3 Å². The minimum Gasteiger partial charge on any atom is -0.354 e. The van der Waals surface area contributed by atoms with Crippen molar-refractivity contribution < 1.29 is 4.79 Å². The first-order valence-corrected chi connectivity index (χ1v) is 9.07. The molecule has 1 aliphatic rings. The van der Waals surface area contributed by atoms with Gasteiger partial charge >= 0.3 is 0 Å². The van der Waals surface area contributed by atoms with E-state index in [0.717, 1.165) is 24.2 Å². The largest absolute Gasteiger partial charge is 0.354 e. The van der Waals surface area contributed by atoms with E-state index >= 15 is 0 Å². The SMILES string of the molecule is CC(C)(C)c1ccccc1Nc1ccc(C(=O)NC2CCCC2)nc1. The molecule has 4 heteroatoms. The molecule has 1 fully saturated rings. The lowest BCUT2D eigenvalue weighted by atomic mass is 9.86. The Morgan fingerprint density at radius 3 is 2.44 bits per heavy atom. The van der Waals surface area contributed by atoms with E-state index in [0.29, 0.717) is 11.7 Å². The Morgan fingerprint density at radius 1 is 1.08 bits per heavy atom. The van der Waals surface area contributed by atoms with Gasteiger partial charge in [0.15, 0.2) is 0 Å². The number of anilines is 2. The number of nitrogens with zero attached hydrogens (tertiary/aromatic N) is 1. The average molecular weight is 337 g/mol. The van der Waals surface area contributed by atoms with Crippen molar-refractivity contribution in [2.24, 2.45) is 0 Å². The molecule has 0 atom stereocenters. The van der Waals surface area contributed by atoms with Gasteiger partial charge in [-0.15, -0.1) is 0 Å².